The number of hydrogen-bond acceptors (Lipinski definition) is 4. The van der Waals surface area contributed by atoms with Crippen molar-refractivity contribution in [2.45, 2.75) is 31.7 Å². The van der Waals surface area contributed by atoms with Gasteiger partial charge in [0.15, 0.2) is 0 Å². The van der Waals surface area contributed by atoms with E-state index in [0.29, 0.717) is 18.5 Å². The zero-order valence-electron chi connectivity index (χ0n) is 9.97. The van der Waals surface area contributed by atoms with Crippen molar-refractivity contribution in [3.05, 3.63) is 21.4 Å². The number of thiophene rings is 1. The molecule has 6 heteroatoms. The summed E-state index contributed by atoms with van der Waals surface area (Å²) in [4.78, 5) is 23.6. The Morgan fingerprint density at radius 2 is 2.11 bits per heavy atom. The number of rotatable bonds is 3. The Morgan fingerprint density at radius 1 is 1.39 bits per heavy atom. The number of aromatic carboxylic acids is 1. The van der Waals surface area contributed by atoms with Gasteiger partial charge in [-0.2, -0.15) is 0 Å². The highest BCUT2D eigenvalue weighted by Gasteiger charge is 2.27. The first-order valence-corrected chi connectivity index (χ1v) is 6.60. The van der Waals surface area contributed by atoms with E-state index in [1.165, 1.54) is 11.3 Å². The predicted molar refractivity (Wildman–Crippen MR) is 67.4 cm³/mol. The van der Waals surface area contributed by atoms with Crippen LogP contribution in [0.4, 0.5) is 0 Å². The van der Waals surface area contributed by atoms with Crippen LogP contribution in [0.3, 0.4) is 0 Å². The predicted octanol–water partition coefficient (Wildman–Crippen LogP) is 1.67. The van der Waals surface area contributed by atoms with Crippen molar-refractivity contribution in [1.29, 1.82) is 0 Å². The topological polar surface area (TPSA) is 86.6 Å². The molecule has 1 aromatic rings. The normalized spacial score (nSPS) is 23.8. The van der Waals surface area contributed by atoms with Crippen LogP contribution >= 0.6 is 11.3 Å². The Kier molecular flexibility index (Phi) is 3.68. The third-order valence-electron chi connectivity index (χ3n) is 3.28. The van der Waals surface area contributed by atoms with Gasteiger partial charge in [0, 0.05) is 22.2 Å². The molecular weight excluding hydrogens is 254 g/mol. The van der Waals surface area contributed by atoms with Gasteiger partial charge >= 0.3 is 11.9 Å². The third kappa shape index (κ3) is 2.54. The maximum atomic E-state index is 11.0. The first-order valence-electron chi connectivity index (χ1n) is 5.79. The van der Waals surface area contributed by atoms with E-state index in [0.717, 1.165) is 16.2 Å². The molecule has 0 saturated carbocycles. The Hall–Kier alpha value is -1.40. The van der Waals surface area contributed by atoms with E-state index in [1.807, 2.05) is 0 Å². The minimum absolute atomic E-state index is 0.220. The lowest BCUT2D eigenvalue weighted by Gasteiger charge is -2.26. The molecule has 0 bridgehead atoms. The summed E-state index contributed by atoms with van der Waals surface area (Å²) < 4.78 is 0. The molecule has 1 fully saturated rings. The van der Waals surface area contributed by atoms with Gasteiger partial charge in [-0.15, -0.1) is 11.3 Å². The fraction of sp³-hybridized carbons (Fsp3) is 0.500. The second-order valence-corrected chi connectivity index (χ2v) is 5.79. The molecule has 5 nitrogen and oxygen atoms in total. The molecular formula is C12H15NO4S. The van der Waals surface area contributed by atoms with Gasteiger partial charge < -0.3 is 15.5 Å². The van der Waals surface area contributed by atoms with E-state index in [-0.39, 0.29) is 5.92 Å². The number of aryl methyl sites for hydroxylation is 1. The number of carboxylic acids is 2. The lowest BCUT2D eigenvalue weighted by Crippen LogP contribution is -2.43. The SMILES string of the molecule is Cc1sc(C2CCC(C(=O)O)NC2)cc1C(=O)O. The van der Waals surface area contributed by atoms with E-state index < -0.39 is 18.0 Å². The van der Waals surface area contributed by atoms with Crippen LogP contribution in [0.1, 0.15) is 38.9 Å². The highest BCUT2D eigenvalue weighted by atomic mass is 32.1. The van der Waals surface area contributed by atoms with Gasteiger partial charge in [0.25, 0.3) is 0 Å². The van der Waals surface area contributed by atoms with Crippen molar-refractivity contribution in [3.8, 4) is 0 Å². The maximum absolute atomic E-state index is 11.0. The van der Waals surface area contributed by atoms with Gasteiger partial charge in [0.05, 0.1) is 5.56 Å². The minimum atomic E-state index is -0.901. The molecule has 1 aromatic heterocycles. The average molecular weight is 269 g/mol. The van der Waals surface area contributed by atoms with Crippen LogP contribution < -0.4 is 5.32 Å². The van der Waals surface area contributed by atoms with Crippen molar-refractivity contribution in [2.75, 3.05) is 6.54 Å². The molecule has 0 amide bonds. The van der Waals surface area contributed by atoms with Gasteiger partial charge in [-0.25, -0.2) is 4.79 Å². The molecule has 3 N–H and O–H groups in total. The van der Waals surface area contributed by atoms with Crippen LogP contribution in [0, 0.1) is 6.92 Å². The maximum Gasteiger partial charge on any atom is 0.336 e. The lowest BCUT2D eigenvalue weighted by atomic mass is 9.93. The molecule has 18 heavy (non-hydrogen) atoms. The van der Waals surface area contributed by atoms with Crippen molar-refractivity contribution in [2.24, 2.45) is 0 Å². The molecule has 1 aliphatic rings. The summed E-state index contributed by atoms with van der Waals surface area (Å²) >= 11 is 1.49. The van der Waals surface area contributed by atoms with Gasteiger partial charge in [0.1, 0.15) is 6.04 Å². The van der Waals surface area contributed by atoms with Crippen molar-refractivity contribution < 1.29 is 19.8 Å². The first kappa shape index (κ1) is 13.0. The van der Waals surface area contributed by atoms with Gasteiger partial charge in [0.2, 0.25) is 0 Å². The van der Waals surface area contributed by atoms with Gasteiger partial charge in [-0.3, -0.25) is 4.79 Å². The zero-order valence-corrected chi connectivity index (χ0v) is 10.8. The van der Waals surface area contributed by atoms with Crippen LogP contribution in [0.25, 0.3) is 0 Å². The number of piperidine rings is 1. The van der Waals surface area contributed by atoms with Crippen molar-refractivity contribution in [3.63, 3.8) is 0 Å². The number of aliphatic carboxylic acids is 1. The van der Waals surface area contributed by atoms with Crippen molar-refractivity contribution in [1.82, 2.24) is 5.32 Å². The summed E-state index contributed by atoms with van der Waals surface area (Å²) in [6, 6.07) is 1.25. The van der Waals surface area contributed by atoms with Crippen LogP contribution in [0.5, 0.6) is 0 Å². The summed E-state index contributed by atoms with van der Waals surface area (Å²) in [6.45, 7) is 2.39. The summed E-state index contributed by atoms with van der Waals surface area (Å²) in [6.07, 6.45) is 1.36. The van der Waals surface area contributed by atoms with E-state index in [4.69, 9.17) is 10.2 Å². The van der Waals surface area contributed by atoms with E-state index >= 15 is 0 Å². The fourth-order valence-corrected chi connectivity index (χ4v) is 3.38. The monoisotopic (exact) mass is 269 g/mol. The minimum Gasteiger partial charge on any atom is -0.480 e. The molecule has 0 aromatic carbocycles. The third-order valence-corrected chi connectivity index (χ3v) is 4.50. The summed E-state index contributed by atoms with van der Waals surface area (Å²) in [5.74, 6) is -1.50. The second-order valence-electron chi connectivity index (χ2n) is 4.50. The second kappa shape index (κ2) is 5.07. The Morgan fingerprint density at radius 3 is 2.56 bits per heavy atom. The van der Waals surface area contributed by atoms with E-state index in [9.17, 15) is 9.59 Å². The Bertz CT molecular complexity index is 474. The van der Waals surface area contributed by atoms with Gasteiger partial charge in [-0.05, 0) is 25.8 Å². The average Bonchev–Trinajstić information content (AvgIpc) is 2.71. The zero-order chi connectivity index (χ0) is 13.3. The summed E-state index contributed by atoms with van der Waals surface area (Å²) in [7, 11) is 0. The Labute approximate surface area is 108 Å². The van der Waals surface area contributed by atoms with Crippen LogP contribution in [-0.4, -0.2) is 34.7 Å². The number of hydrogen-bond donors (Lipinski definition) is 3. The molecule has 0 aliphatic carbocycles. The highest BCUT2D eigenvalue weighted by molar-refractivity contribution is 7.12. The number of carbonyl (C=O) groups is 2. The Balaban J connectivity index is 2.08. The van der Waals surface area contributed by atoms with Crippen molar-refractivity contribution >= 4 is 23.3 Å². The molecule has 2 rings (SSSR count). The van der Waals surface area contributed by atoms with Crippen LogP contribution in [0.2, 0.25) is 0 Å². The van der Waals surface area contributed by atoms with Crippen LogP contribution in [-0.2, 0) is 4.79 Å². The fourth-order valence-electron chi connectivity index (χ4n) is 2.23. The standard InChI is InChI=1S/C12H15NO4S/c1-6-8(11(14)15)4-10(18-6)7-2-3-9(12(16)17)13-5-7/h4,7,9,13H,2-3,5H2,1H3,(H,14,15)(H,16,17). The number of nitrogens with one attached hydrogen (secondary N) is 1. The van der Waals surface area contributed by atoms with E-state index in [1.54, 1.807) is 13.0 Å². The number of carboxylic acid groups (broad SMARTS) is 2. The molecule has 2 unspecified atom stereocenters. The highest BCUT2D eigenvalue weighted by Crippen LogP contribution is 2.33. The lowest BCUT2D eigenvalue weighted by molar-refractivity contribution is -0.140. The largest absolute Gasteiger partial charge is 0.480 e. The van der Waals surface area contributed by atoms with Gasteiger partial charge in [-0.1, -0.05) is 0 Å². The molecule has 1 saturated heterocycles. The first-order chi connectivity index (χ1) is 8.49. The molecule has 98 valence electrons. The molecule has 1 aliphatic heterocycles. The molecule has 2 atom stereocenters. The quantitative estimate of drug-likeness (QED) is 0.777. The summed E-state index contributed by atoms with van der Waals surface area (Å²) in [5, 5.41) is 20.9. The smallest absolute Gasteiger partial charge is 0.336 e. The van der Waals surface area contributed by atoms with Crippen LogP contribution in [0.15, 0.2) is 6.07 Å². The summed E-state index contributed by atoms with van der Waals surface area (Å²) in [5.41, 5.74) is 0.357. The molecule has 0 spiro atoms. The molecule has 2 heterocycles. The van der Waals surface area contributed by atoms with E-state index in [2.05, 4.69) is 5.32 Å². The molecule has 0 radical (unpaired) electrons.